The first kappa shape index (κ1) is 24.8. The number of halogens is 1. The number of ether oxygens (including phenoxy) is 3. The molecule has 2 aliphatic heterocycles. The van der Waals surface area contributed by atoms with Gasteiger partial charge in [-0.25, -0.2) is 4.79 Å². The van der Waals surface area contributed by atoms with E-state index in [0.29, 0.717) is 64.6 Å². The van der Waals surface area contributed by atoms with Gasteiger partial charge in [-0.2, -0.15) is 0 Å². The Balaban J connectivity index is 1.75. The average Bonchev–Trinajstić information content (AvgIpc) is 2.80. The molecule has 9 heteroatoms. The van der Waals surface area contributed by atoms with Gasteiger partial charge in [0.05, 0.1) is 29.7 Å². The van der Waals surface area contributed by atoms with Crippen LogP contribution in [0.1, 0.15) is 44.1 Å². The predicted molar refractivity (Wildman–Crippen MR) is 123 cm³/mol. The number of piperazine rings is 1. The van der Waals surface area contributed by atoms with Crippen LogP contribution in [0.5, 0.6) is 5.75 Å². The second-order valence-electron chi connectivity index (χ2n) is 8.32. The van der Waals surface area contributed by atoms with Crippen molar-refractivity contribution in [3.63, 3.8) is 0 Å². The van der Waals surface area contributed by atoms with Crippen LogP contribution in [0, 0.1) is 0 Å². The molecule has 8 nitrogen and oxygen atoms in total. The van der Waals surface area contributed by atoms with Gasteiger partial charge in [-0.1, -0.05) is 19.4 Å². The minimum absolute atomic E-state index is 0.134. The fourth-order valence-electron chi connectivity index (χ4n) is 4.25. The zero-order chi connectivity index (χ0) is 23.1. The quantitative estimate of drug-likeness (QED) is 0.564. The van der Waals surface area contributed by atoms with E-state index in [2.05, 4.69) is 15.9 Å². The maximum Gasteiger partial charge on any atom is 0.409 e. The Bertz CT molecular complexity index is 791. The molecular weight excluding hydrogens is 480 g/mol. The highest BCUT2D eigenvalue weighted by molar-refractivity contribution is 9.10. The first-order valence-corrected chi connectivity index (χ1v) is 12.0. The molecule has 1 aromatic carbocycles. The number of carbonyl (C=O) groups excluding carboxylic acids is 2. The lowest BCUT2D eigenvalue weighted by molar-refractivity contribution is -0.147. The van der Waals surface area contributed by atoms with Crippen molar-refractivity contribution in [1.29, 1.82) is 0 Å². The molecule has 0 spiro atoms. The number of unbranched alkanes of at least 4 members (excludes halogenated alkanes) is 1. The van der Waals surface area contributed by atoms with Gasteiger partial charge in [0.1, 0.15) is 5.75 Å². The third kappa shape index (κ3) is 5.74. The summed E-state index contributed by atoms with van der Waals surface area (Å²) in [6.45, 7) is 4.92. The second-order valence-corrected chi connectivity index (χ2v) is 9.18. The molecule has 32 heavy (non-hydrogen) atoms. The molecule has 1 aromatic rings. The van der Waals surface area contributed by atoms with Crippen molar-refractivity contribution in [2.75, 3.05) is 53.1 Å². The molecule has 1 N–H and O–H groups in total. The number of benzene rings is 1. The number of aliphatic hydroxyl groups is 1. The molecule has 2 aliphatic rings. The minimum Gasteiger partial charge on any atom is -0.496 e. The van der Waals surface area contributed by atoms with Crippen molar-refractivity contribution in [2.24, 2.45) is 0 Å². The summed E-state index contributed by atoms with van der Waals surface area (Å²) in [5, 5.41) is 11.5. The zero-order valence-electron chi connectivity index (χ0n) is 18.8. The summed E-state index contributed by atoms with van der Waals surface area (Å²) < 4.78 is 16.8. The fourth-order valence-corrected chi connectivity index (χ4v) is 4.80. The molecule has 2 saturated heterocycles. The Morgan fingerprint density at radius 2 is 1.84 bits per heavy atom. The van der Waals surface area contributed by atoms with E-state index in [1.807, 2.05) is 19.1 Å². The van der Waals surface area contributed by atoms with Crippen molar-refractivity contribution >= 4 is 27.9 Å². The summed E-state index contributed by atoms with van der Waals surface area (Å²) in [5.41, 5.74) is -0.465. The molecule has 2 fully saturated rings. The summed E-state index contributed by atoms with van der Waals surface area (Å²) in [6, 6.07) is 5.48. The van der Waals surface area contributed by atoms with E-state index in [1.54, 1.807) is 23.0 Å². The molecule has 0 radical (unpaired) electrons. The van der Waals surface area contributed by atoms with Crippen LogP contribution in [0.4, 0.5) is 4.79 Å². The largest absolute Gasteiger partial charge is 0.496 e. The normalized spacial score (nSPS) is 19.4. The first-order valence-electron chi connectivity index (χ1n) is 11.2. The number of nitrogens with zero attached hydrogens (tertiary/aromatic N) is 2. The van der Waals surface area contributed by atoms with Crippen molar-refractivity contribution in [2.45, 2.75) is 44.1 Å². The van der Waals surface area contributed by atoms with E-state index in [1.165, 1.54) is 0 Å². The Labute approximate surface area is 197 Å². The highest BCUT2D eigenvalue weighted by Crippen LogP contribution is 2.40. The van der Waals surface area contributed by atoms with Crippen molar-refractivity contribution in [3.05, 3.63) is 28.2 Å². The average molecular weight is 513 g/mol. The first-order chi connectivity index (χ1) is 15.4. The van der Waals surface area contributed by atoms with Crippen LogP contribution in [0.25, 0.3) is 0 Å². The van der Waals surface area contributed by atoms with Gasteiger partial charge in [0.25, 0.3) is 0 Å². The van der Waals surface area contributed by atoms with Gasteiger partial charge in [-0.05, 0) is 40.0 Å². The third-order valence-corrected chi connectivity index (χ3v) is 6.84. The van der Waals surface area contributed by atoms with Gasteiger partial charge in [-0.3, -0.25) is 4.79 Å². The number of hydrogen-bond acceptors (Lipinski definition) is 6. The van der Waals surface area contributed by atoms with Crippen LogP contribution in [-0.2, 0) is 14.3 Å². The van der Waals surface area contributed by atoms with E-state index in [-0.39, 0.29) is 12.0 Å². The Morgan fingerprint density at radius 3 is 2.44 bits per heavy atom. The molecule has 1 atom stereocenters. The van der Waals surface area contributed by atoms with E-state index < -0.39 is 11.5 Å². The molecule has 0 aliphatic carbocycles. The Kier molecular flexibility index (Phi) is 8.79. The molecular formula is C23H33BrN2O6. The summed E-state index contributed by atoms with van der Waals surface area (Å²) >= 11 is 3.50. The molecule has 3 rings (SSSR count). The van der Waals surface area contributed by atoms with Crippen LogP contribution in [0.2, 0.25) is 0 Å². The summed E-state index contributed by atoms with van der Waals surface area (Å²) in [5.74, 6) is -0.198. The molecule has 2 amide bonds. The Morgan fingerprint density at radius 1 is 1.19 bits per heavy atom. The number of amides is 2. The second kappa shape index (κ2) is 11.3. The Hall–Kier alpha value is -1.84. The van der Waals surface area contributed by atoms with Crippen molar-refractivity contribution in [1.82, 2.24) is 9.80 Å². The smallest absolute Gasteiger partial charge is 0.409 e. The van der Waals surface area contributed by atoms with Gasteiger partial charge in [0.15, 0.2) is 0 Å². The van der Waals surface area contributed by atoms with Gasteiger partial charge < -0.3 is 29.1 Å². The topological polar surface area (TPSA) is 88.5 Å². The lowest BCUT2D eigenvalue weighted by Gasteiger charge is -2.42. The molecule has 1 unspecified atom stereocenters. The number of hydrogen-bond donors (Lipinski definition) is 1. The van der Waals surface area contributed by atoms with E-state index >= 15 is 0 Å². The van der Waals surface area contributed by atoms with Gasteiger partial charge in [-0.15, -0.1) is 0 Å². The molecule has 0 bridgehead atoms. The van der Waals surface area contributed by atoms with E-state index in [4.69, 9.17) is 14.2 Å². The summed E-state index contributed by atoms with van der Waals surface area (Å²) in [4.78, 5) is 29.3. The standard InChI is InChI=1S/C23H33BrN2O6/c1-3-4-13-32-22(28)26-11-9-25(10-12-26)21(27)20(23(29)7-14-31-15-8-23)17-5-6-19(30-2)18(24)16-17/h5-6,16,20,29H,3-4,7-15H2,1-2H3. The zero-order valence-corrected chi connectivity index (χ0v) is 20.4. The highest BCUT2D eigenvalue weighted by Gasteiger charge is 2.45. The number of methoxy groups -OCH3 is 1. The maximum atomic E-state index is 13.7. The van der Waals surface area contributed by atoms with Gasteiger partial charge in [0.2, 0.25) is 5.91 Å². The molecule has 178 valence electrons. The molecule has 0 aromatic heterocycles. The monoisotopic (exact) mass is 512 g/mol. The van der Waals surface area contributed by atoms with Gasteiger partial charge >= 0.3 is 6.09 Å². The summed E-state index contributed by atoms with van der Waals surface area (Å²) in [6.07, 6.45) is 2.25. The van der Waals surface area contributed by atoms with E-state index in [9.17, 15) is 14.7 Å². The van der Waals surface area contributed by atoms with Crippen LogP contribution in [0.15, 0.2) is 22.7 Å². The predicted octanol–water partition coefficient (Wildman–Crippen LogP) is 3.16. The van der Waals surface area contributed by atoms with Crippen LogP contribution >= 0.6 is 15.9 Å². The minimum atomic E-state index is -1.19. The number of carbonyl (C=O) groups is 2. The van der Waals surface area contributed by atoms with Crippen LogP contribution in [-0.4, -0.2) is 85.6 Å². The van der Waals surface area contributed by atoms with Crippen molar-refractivity contribution in [3.8, 4) is 5.75 Å². The van der Waals surface area contributed by atoms with Crippen molar-refractivity contribution < 1.29 is 28.9 Å². The summed E-state index contributed by atoms with van der Waals surface area (Å²) in [7, 11) is 1.58. The van der Waals surface area contributed by atoms with Gasteiger partial charge in [0, 0.05) is 52.2 Å². The molecule has 0 saturated carbocycles. The lowest BCUT2D eigenvalue weighted by atomic mass is 9.76. The van der Waals surface area contributed by atoms with Crippen LogP contribution < -0.4 is 4.74 Å². The highest BCUT2D eigenvalue weighted by atomic mass is 79.9. The fraction of sp³-hybridized carbons (Fsp3) is 0.652. The lowest BCUT2D eigenvalue weighted by Crippen LogP contribution is -2.55. The molecule has 2 heterocycles. The van der Waals surface area contributed by atoms with Crippen LogP contribution in [0.3, 0.4) is 0 Å². The van der Waals surface area contributed by atoms with E-state index in [0.717, 1.165) is 22.9 Å². The maximum absolute atomic E-state index is 13.7. The SMILES string of the molecule is CCCCOC(=O)N1CCN(C(=O)C(c2ccc(OC)c(Br)c2)C2(O)CCOCC2)CC1. The third-order valence-electron chi connectivity index (χ3n) is 6.23. The number of rotatable bonds is 7.